The Labute approximate surface area is 294 Å². The molecule has 0 amide bonds. The Balaban J connectivity index is 1.50. The first-order valence-electron chi connectivity index (χ1n) is 18.7. The van der Waals surface area contributed by atoms with Gasteiger partial charge in [-0.3, -0.25) is 0 Å². The molecular formula is C46H56P2. The summed E-state index contributed by atoms with van der Waals surface area (Å²) in [6.07, 6.45) is 14.6. The van der Waals surface area contributed by atoms with Crippen LogP contribution in [0.4, 0.5) is 0 Å². The van der Waals surface area contributed by atoms with Crippen LogP contribution in [0.3, 0.4) is 0 Å². The van der Waals surface area contributed by atoms with Crippen molar-refractivity contribution in [2.24, 2.45) is 0 Å². The predicted octanol–water partition coefficient (Wildman–Crippen LogP) is 10.6. The number of unbranched alkanes of at least 4 members (excludes halogenated alkanes) is 4. The number of rotatable bonds is 18. The van der Waals surface area contributed by atoms with Gasteiger partial charge >= 0.3 is 0 Å². The average Bonchev–Trinajstić information content (AvgIpc) is 3.14. The molecule has 2 heteroatoms. The molecule has 0 aliphatic carbocycles. The van der Waals surface area contributed by atoms with Crippen LogP contribution in [-0.4, -0.2) is 0 Å². The van der Waals surface area contributed by atoms with Crippen LogP contribution < -0.4 is 31.8 Å². The summed E-state index contributed by atoms with van der Waals surface area (Å²) in [5.74, 6) is 0. The van der Waals surface area contributed by atoms with E-state index in [0.717, 1.165) is 25.7 Å². The van der Waals surface area contributed by atoms with E-state index in [-0.39, 0.29) is 0 Å². The van der Waals surface area contributed by atoms with E-state index < -0.39 is 15.8 Å². The molecule has 5 aromatic rings. The maximum Gasteiger partial charge on any atom is -0.0134 e. The Bertz CT molecular complexity index is 1390. The summed E-state index contributed by atoms with van der Waals surface area (Å²) in [7, 11) is -1.30. The third-order valence-corrected chi connectivity index (χ3v) is 14.3. The Hall–Kier alpha value is -3.04. The fraction of sp³-hybridized carbons (Fsp3) is 0.348. The van der Waals surface area contributed by atoms with E-state index in [4.69, 9.17) is 0 Å². The Morgan fingerprint density at radius 1 is 0.271 bits per heavy atom. The van der Waals surface area contributed by atoms with Crippen molar-refractivity contribution >= 4 is 47.7 Å². The molecule has 5 rings (SSSR count). The molecule has 250 valence electrons. The molecule has 0 unspecified atom stereocenters. The van der Waals surface area contributed by atoms with Crippen molar-refractivity contribution in [2.75, 3.05) is 0 Å². The standard InChI is InChI=1S/C46H56P2/c1-5-9-13-37-17-25-41(26-18-37)47(42-27-19-38(20-28-42)14-10-6-2)45-33-35-46(36-34-45)48(43-29-21-39(22-30-43)15-11-7-3)44-31-23-40(24-32-44)16-12-8-4/h17-36H,5-16H2,1-4H3. The minimum atomic E-state index is -0.650. The average molecular weight is 671 g/mol. The van der Waals surface area contributed by atoms with Gasteiger partial charge in [-0.25, -0.2) is 0 Å². The summed E-state index contributed by atoms with van der Waals surface area (Å²) >= 11 is 0. The molecule has 0 atom stereocenters. The second-order valence-corrected chi connectivity index (χ2v) is 17.7. The maximum atomic E-state index is 2.44. The fourth-order valence-corrected chi connectivity index (χ4v) is 10.9. The van der Waals surface area contributed by atoms with Crippen molar-refractivity contribution in [1.82, 2.24) is 0 Å². The normalized spacial score (nSPS) is 11.5. The van der Waals surface area contributed by atoms with Gasteiger partial charge in [0.2, 0.25) is 0 Å². The lowest BCUT2D eigenvalue weighted by atomic mass is 10.1. The van der Waals surface area contributed by atoms with Crippen LogP contribution in [0.25, 0.3) is 0 Å². The van der Waals surface area contributed by atoms with Crippen LogP contribution in [0.5, 0.6) is 0 Å². The van der Waals surface area contributed by atoms with E-state index >= 15 is 0 Å². The topological polar surface area (TPSA) is 0 Å². The summed E-state index contributed by atoms with van der Waals surface area (Å²) in [5.41, 5.74) is 5.81. The van der Waals surface area contributed by atoms with Crippen LogP contribution in [0.15, 0.2) is 121 Å². The molecule has 0 bridgehead atoms. The maximum absolute atomic E-state index is 2.44. The lowest BCUT2D eigenvalue weighted by Crippen LogP contribution is -2.24. The van der Waals surface area contributed by atoms with Crippen LogP contribution in [0.2, 0.25) is 0 Å². The molecule has 0 aliphatic heterocycles. The molecule has 0 radical (unpaired) electrons. The van der Waals surface area contributed by atoms with Crippen molar-refractivity contribution < 1.29 is 0 Å². The summed E-state index contributed by atoms with van der Waals surface area (Å²) in [6, 6.07) is 48.0. The minimum Gasteiger partial charge on any atom is -0.0654 e. The van der Waals surface area contributed by atoms with Gasteiger partial charge in [-0.1, -0.05) is 175 Å². The van der Waals surface area contributed by atoms with Gasteiger partial charge in [0.15, 0.2) is 0 Å². The van der Waals surface area contributed by atoms with Gasteiger partial charge < -0.3 is 0 Å². The van der Waals surface area contributed by atoms with E-state index in [0.29, 0.717) is 0 Å². The lowest BCUT2D eigenvalue weighted by Gasteiger charge is -2.23. The van der Waals surface area contributed by atoms with Crippen molar-refractivity contribution in [1.29, 1.82) is 0 Å². The van der Waals surface area contributed by atoms with Crippen LogP contribution in [0.1, 0.15) is 101 Å². The molecular weight excluding hydrogens is 614 g/mol. The molecule has 0 fully saturated rings. The fourth-order valence-electron chi connectivity index (χ4n) is 6.42. The molecule has 0 saturated heterocycles. The quantitative estimate of drug-likeness (QED) is 0.0814. The molecule has 0 aromatic heterocycles. The van der Waals surface area contributed by atoms with Gasteiger partial charge in [0.25, 0.3) is 0 Å². The minimum absolute atomic E-state index is 0.650. The van der Waals surface area contributed by atoms with Crippen LogP contribution in [0, 0.1) is 0 Å². The van der Waals surface area contributed by atoms with E-state index in [9.17, 15) is 0 Å². The predicted molar refractivity (Wildman–Crippen MR) is 218 cm³/mol. The molecule has 0 nitrogen and oxygen atoms in total. The number of hydrogen-bond acceptors (Lipinski definition) is 0. The summed E-state index contributed by atoms with van der Waals surface area (Å²) < 4.78 is 0. The van der Waals surface area contributed by atoms with E-state index in [2.05, 4.69) is 149 Å². The van der Waals surface area contributed by atoms with Gasteiger partial charge in [0.05, 0.1) is 0 Å². The highest BCUT2D eigenvalue weighted by atomic mass is 31.1. The van der Waals surface area contributed by atoms with E-state index in [1.807, 2.05) is 0 Å². The van der Waals surface area contributed by atoms with Crippen LogP contribution >= 0.6 is 15.8 Å². The van der Waals surface area contributed by atoms with E-state index in [1.165, 1.54) is 105 Å². The van der Waals surface area contributed by atoms with Gasteiger partial charge in [-0.2, -0.15) is 0 Å². The number of aryl methyl sites for hydroxylation is 4. The van der Waals surface area contributed by atoms with Crippen molar-refractivity contribution in [3.63, 3.8) is 0 Å². The second-order valence-electron chi connectivity index (χ2n) is 13.3. The number of hydrogen-bond donors (Lipinski definition) is 0. The Morgan fingerprint density at radius 2 is 0.438 bits per heavy atom. The zero-order valence-corrected chi connectivity index (χ0v) is 31.7. The van der Waals surface area contributed by atoms with Crippen molar-refractivity contribution in [2.45, 2.75) is 105 Å². The largest absolute Gasteiger partial charge is 0.0654 e. The zero-order valence-electron chi connectivity index (χ0n) is 29.9. The van der Waals surface area contributed by atoms with Crippen molar-refractivity contribution in [3.05, 3.63) is 144 Å². The van der Waals surface area contributed by atoms with E-state index in [1.54, 1.807) is 0 Å². The molecule has 0 heterocycles. The highest BCUT2D eigenvalue weighted by Crippen LogP contribution is 2.36. The molecule has 0 spiro atoms. The molecule has 48 heavy (non-hydrogen) atoms. The first-order valence-corrected chi connectivity index (χ1v) is 21.4. The van der Waals surface area contributed by atoms with Crippen LogP contribution in [-0.2, 0) is 25.7 Å². The highest BCUT2D eigenvalue weighted by molar-refractivity contribution is 7.80. The van der Waals surface area contributed by atoms with Gasteiger partial charge in [-0.05, 0) is 121 Å². The van der Waals surface area contributed by atoms with Gasteiger partial charge in [0, 0.05) is 0 Å². The first kappa shape index (κ1) is 36.2. The Kier molecular flexibility index (Phi) is 14.5. The smallest absolute Gasteiger partial charge is 0.0134 e. The SMILES string of the molecule is CCCCc1ccc(P(c2ccc(CCCC)cc2)c2ccc(P(c3ccc(CCCC)cc3)c3ccc(CCCC)cc3)cc2)cc1. The molecule has 5 aromatic carbocycles. The lowest BCUT2D eigenvalue weighted by molar-refractivity contribution is 0.795. The highest BCUT2D eigenvalue weighted by Gasteiger charge is 2.20. The third-order valence-electron chi connectivity index (χ3n) is 9.42. The molecule has 0 aliphatic rings. The summed E-state index contributed by atoms with van der Waals surface area (Å²) in [4.78, 5) is 0. The molecule has 0 saturated carbocycles. The third kappa shape index (κ3) is 10.0. The zero-order chi connectivity index (χ0) is 33.6. The second kappa shape index (κ2) is 19.2. The first-order chi connectivity index (χ1) is 23.6. The van der Waals surface area contributed by atoms with Gasteiger partial charge in [0.1, 0.15) is 0 Å². The molecule has 0 N–H and O–H groups in total. The summed E-state index contributed by atoms with van der Waals surface area (Å²) in [5, 5.41) is 8.60. The van der Waals surface area contributed by atoms with Gasteiger partial charge in [-0.15, -0.1) is 0 Å². The van der Waals surface area contributed by atoms with Crippen molar-refractivity contribution in [3.8, 4) is 0 Å². The summed E-state index contributed by atoms with van der Waals surface area (Å²) in [6.45, 7) is 9.11. The monoisotopic (exact) mass is 670 g/mol. The Morgan fingerprint density at radius 3 is 0.604 bits per heavy atom. The number of benzene rings is 5.